The molecule has 1 aliphatic heterocycles. The van der Waals surface area contributed by atoms with Crippen LogP contribution in [0.3, 0.4) is 0 Å². The third kappa shape index (κ3) is 1.82. The number of halogens is 2. The van der Waals surface area contributed by atoms with Gasteiger partial charge in [0.15, 0.2) is 10.5 Å². The SMILES string of the molecule is CC1(C)C(=O)N(CC(=O)c2c(F)cccc2F)S1(=O)=O. The lowest BCUT2D eigenvalue weighted by Crippen LogP contribution is -2.68. The highest BCUT2D eigenvalue weighted by Gasteiger charge is 2.60. The van der Waals surface area contributed by atoms with Crippen molar-refractivity contribution in [3.63, 3.8) is 0 Å². The highest BCUT2D eigenvalue weighted by molar-refractivity contribution is 7.94. The van der Waals surface area contributed by atoms with Crippen LogP contribution in [0.15, 0.2) is 18.2 Å². The minimum Gasteiger partial charge on any atom is -0.292 e. The average molecular weight is 303 g/mol. The molecular formula is C12H11F2NO4S. The maximum atomic E-state index is 13.4. The summed E-state index contributed by atoms with van der Waals surface area (Å²) in [6.07, 6.45) is 0. The fourth-order valence-corrected chi connectivity index (χ4v) is 3.37. The number of carbonyl (C=O) groups is 2. The molecule has 0 aliphatic carbocycles. The average Bonchev–Trinajstić information content (AvgIpc) is 2.34. The van der Waals surface area contributed by atoms with E-state index in [2.05, 4.69) is 0 Å². The van der Waals surface area contributed by atoms with Crippen molar-refractivity contribution < 1.29 is 26.8 Å². The fourth-order valence-electron chi connectivity index (χ4n) is 1.89. The van der Waals surface area contributed by atoms with Gasteiger partial charge in [0.25, 0.3) is 15.9 Å². The van der Waals surface area contributed by atoms with E-state index in [0.717, 1.165) is 18.2 Å². The zero-order valence-corrected chi connectivity index (χ0v) is 11.5. The Labute approximate surface area is 114 Å². The summed E-state index contributed by atoms with van der Waals surface area (Å²) in [5, 5.41) is 0. The lowest BCUT2D eigenvalue weighted by molar-refractivity contribution is -0.131. The van der Waals surface area contributed by atoms with Gasteiger partial charge in [0.05, 0.1) is 5.56 Å². The number of rotatable bonds is 3. The van der Waals surface area contributed by atoms with Crippen molar-refractivity contribution in [2.24, 2.45) is 0 Å². The van der Waals surface area contributed by atoms with Crippen LogP contribution in [0.25, 0.3) is 0 Å². The van der Waals surface area contributed by atoms with Crippen LogP contribution in [0.5, 0.6) is 0 Å². The topological polar surface area (TPSA) is 71.5 Å². The van der Waals surface area contributed by atoms with E-state index in [1.807, 2.05) is 0 Å². The first-order valence-electron chi connectivity index (χ1n) is 5.64. The van der Waals surface area contributed by atoms with Crippen LogP contribution in [0, 0.1) is 11.6 Å². The van der Waals surface area contributed by atoms with E-state index in [1.54, 1.807) is 0 Å². The van der Waals surface area contributed by atoms with Crippen molar-refractivity contribution in [3.05, 3.63) is 35.4 Å². The van der Waals surface area contributed by atoms with E-state index in [9.17, 15) is 26.8 Å². The first-order valence-corrected chi connectivity index (χ1v) is 7.08. The van der Waals surface area contributed by atoms with E-state index in [1.165, 1.54) is 13.8 Å². The zero-order chi connectivity index (χ0) is 15.3. The molecule has 0 N–H and O–H groups in total. The Bertz CT molecular complexity index is 692. The van der Waals surface area contributed by atoms with Gasteiger partial charge in [-0.15, -0.1) is 0 Å². The molecule has 0 unspecified atom stereocenters. The molecule has 1 aromatic carbocycles. The van der Waals surface area contributed by atoms with Crippen LogP contribution in [-0.4, -0.2) is 35.7 Å². The Morgan fingerprint density at radius 3 is 2.20 bits per heavy atom. The van der Waals surface area contributed by atoms with Crippen molar-refractivity contribution in [1.82, 2.24) is 4.31 Å². The first-order chi connectivity index (χ1) is 9.10. The maximum absolute atomic E-state index is 13.4. The second-order valence-corrected chi connectivity index (χ2v) is 7.26. The number of benzene rings is 1. The highest BCUT2D eigenvalue weighted by Crippen LogP contribution is 2.34. The Morgan fingerprint density at radius 2 is 1.75 bits per heavy atom. The standard InChI is InChI=1S/C12H11F2NO4S/c1-12(2)11(17)15(20(12,18)19)6-9(16)10-7(13)4-3-5-8(10)14/h3-5H,6H2,1-2H3. The van der Waals surface area contributed by atoms with Crippen LogP contribution in [0.1, 0.15) is 24.2 Å². The van der Waals surface area contributed by atoms with Crippen molar-refractivity contribution >= 4 is 21.7 Å². The van der Waals surface area contributed by atoms with Gasteiger partial charge in [-0.25, -0.2) is 21.5 Å². The zero-order valence-electron chi connectivity index (χ0n) is 10.7. The van der Waals surface area contributed by atoms with Gasteiger partial charge in [0.2, 0.25) is 0 Å². The Morgan fingerprint density at radius 1 is 1.25 bits per heavy atom. The molecule has 0 spiro atoms. The Hall–Kier alpha value is -1.83. The second kappa shape index (κ2) is 4.34. The number of nitrogens with zero attached hydrogens (tertiary/aromatic N) is 1. The number of Topliss-reactive ketones (excluding diaryl/α,β-unsaturated/α-hetero) is 1. The van der Waals surface area contributed by atoms with E-state index >= 15 is 0 Å². The molecule has 1 amide bonds. The fraction of sp³-hybridized carbons (Fsp3) is 0.333. The summed E-state index contributed by atoms with van der Waals surface area (Å²) >= 11 is 0. The monoisotopic (exact) mass is 303 g/mol. The number of hydrogen-bond acceptors (Lipinski definition) is 4. The van der Waals surface area contributed by atoms with Crippen LogP contribution in [0.4, 0.5) is 8.78 Å². The van der Waals surface area contributed by atoms with Gasteiger partial charge in [0, 0.05) is 0 Å². The van der Waals surface area contributed by atoms with Gasteiger partial charge in [-0.05, 0) is 26.0 Å². The van der Waals surface area contributed by atoms with Crippen LogP contribution < -0.4 is 0 Å². The smallest absolute Gasteiger partial charge is 0.259 e. The van der Waals surface area contributed by atoms with Gasteiger partial charge < -0.3 is 0 Å². The molecule has 8 heteroatoms. The lowest BCUT2D eigenvalue weighted by Gasteiger charge is -2.42. The number of amides is 1. The van der Waals surface area contributed by atoms with Gasteiger partial charge in [-0.2, -0.15) is 0 Å². The number of hydrogen-bond donors (Lipinski definition) is 0. The molecular weight excluding hydrogens is 292 g/mol. The number of ketones is 1. The van der Waals surface area contributed by atoms with E-state index in [4.69, 9.17) is 0 Å². The molecule has 0 bridgehead atoms. The summed E-state index contributed by atoms with van der Waals surface area (Å²) in [6.45, 7) is 1.51. The number of carbonyl (C=O) groups excluding carboxylic acids is 2. The third-order valence-electron chi connectivity index (χ3n) is 3.21. The summed E-state index contributed by atoms with van der Waals surface area (Å²) < 4.78 is 49.1. The largest absolute Gasteiger partial charge is 0.292 e. The summed E-state index contributed by atoms with van der Waals surface area (Å²) in [7, 11) is -3.96. The summed E-state index contributed by atoms with van der Waals surface area (Å²) in [4.78, 5) is 23.4. The van der Waals surface area contributed by atoms with Gasteiger partial charge >= 0.3 is 0 Å². The summed E-state index contributed by atoms with van der Waals surface area (Å²) in [5.74, 6) is -4.07. The highest BCUT2D eigenvalue weighted by atomic mass is 32.2. The summed E-state index contributed by atoms with van der Waals surface area (Å²) in [6, 6.07) is 2.84. The minimum absolute atomic E-state index is 0.335. The predicted octanol–water partition coefficient (Wildman–Crippen LogP) is 1.10. The van der Waals surface area contributed by atoms with E-state index < -0.39 is 50.2 Å². The predicted molar refractivity (Wildman–Crippen MR) is 65.4 cm³/mol. The molecule has 1 saturated heterocycles. The molecule has 0 saturated carbocycles. The molecule has 20 heavy (non-hydrogen) atoms. The second-order valence-electron chi connectivity index (χ2n) is 4.85. The first kappa shape index (κ1) is 14.6. The van der Waals surface area contributed by atoms with Crippen molar-refractivity contribution in [3.8, 4) is 0 Å². The van der Waals surface area contributed by atoms with Crippen molar-refractivity contribution in [2.45, 2.75) is 18.6 Å². The lowest BCUT2D eigenvalue weighted by atomic mass is 10.1. The maximum Gasteiger partial charge on any atom is 0.259 e. The molecule has 0 atom stereocenters. The third-order valence-corrected chi connectivity index (χ3v) is 5.54. The van der Waals surface area contributed by atoms with E-state index in [-0.39, 0.29) is 0 Å². The molecule has 2 rings (SSSR count). The Balaban J connectivity index is 2.29. The van der Waals surface area contributed by atoms with Crippen molar-refractivity contribution in [2.75, 3.05) is 6.54 Å². The van der Waals surface area contributed by atoms with E-state index in [0.29, 0.717) is 4.31 Å². The van der Waals surface area contributed by atoms with Crippen LogP contribution in [-0.2, 0) is 14.8 Å². The van der Waals surface area contributed by atoms with Gasteiger partial charge in [-0.1, -0.05) is 6.07 Å². The molecule has 108 valence electrons. The Kier molecular flexibility index (Phi) is 3.16. The van der Waals surface area contributed by atoms with Crippen molar-refractivity contribution in [1.29, 1.82) is 0 Å². The normalized spacial score (nSPS) is 19.6. The quantitative estimate of drug-likeness (QED) is 0.784. The number of sulfonamides is 1. The van der Waals surface area contributed by atoms with Crippen LogP contribution in [0.2, 0.25) is 0 Å². The minimum atomic E-state index is -3.96. The van der Waals surface area contributed by atoms with Gasteiger partial charge in [-0.3, -0.25) is 9.59 Å². The molecule has 1 heterocycles. The molecule has 1 aromatic rings. The molecule has 5 nitrogen and oxygen atoms in total. The van der Waals surface area contributed by atoms with Crippen LogP contribution >= 0.6 is 0 Å². The molecule has 0 radical (unpaired) electrons. The summed E-state index contributed by atoms with van der Waals surface area (Å²) in [5.41, 5.74) is -0.847. The molecule has 0 aromatic heterocycles. The molecule has 1 aliphatic rings. The molecule has 1 fully saturated rings. The van der Waals surface area contributed by atoms with Gasteiger partial charge in [0.1, 0.15) is 18.2 Å².